The second kappa shape index (κ2) is 6.71. The van der Waals surface area contributed by atoms with Crippen molar-refractivity contribution in [3.05, 3.63) is 29.8 Å². The number of benzene rings is 1. The summed E-state index contributed by atoms with van der Waals surface area (Å²) in [5.41, 5.74) is 4.82. The number of hydrazone groups is 1. The van der Waals surface area contributed by atoms with Crippen molar-refractivity contribution < 1.29 is 9.26 Å². The highest BCUT2D eigenvalue weighted by Crippen LogP contribution is 2.19. The van der Waals surface area contributed by atoms with Crippen molar-refractivity contribution in [3.8, 4) is 5.75 Å². The van der Waals surface area contributed by atoms with Crippen LogP contribution in [0.4, 0.5) is 6.01 Å². The van der Waals surface area contributed by atoms with Gasteiger partial charge in [-0.2, -0.15) is 10.1 Å². The molecule has 0 radical (unpaired) electrons. The fourth-order valence-corrected chi connectivity index (χ4v) is 2.16. The minimum absolute atomic E-state index is 0.151. The Balaban J connectivity index is 1.90. The van der Waals surface area contributed by atoms with Gasteiger partial charge in [0, 0.05) is 12.0 Å². The second-order valence-electron chi connectivity index (χ2n) is 5.78. The van der Waals surface area contributed by atoms with E-state index >= 15 is 0 Å². The van der Waals surface area contributed by atoms with Gasteiger partial charge >= 0.3 is 6.01 Å². The summed E-state index contributed by atoms with van der Waals surface area (Å²) in [6.07, 6.45) is 0. The fourth-order valence-electron chi connectivity index (χ4n) is 2.16. The number of fused-ring (bicyclic) bond motifs is 1. The zero-order valence-electron chi connectivity index (χ0n) is 14.4. The number of imidazole rings is 1. The zero-order chi connectivity index (χ0) is 18.0. The van der Waals surface area contributed by atoms with Gasteiger partial charge in [0.2, 0.25) is 0 Å². The highest BCUT2D eigenvalue weighted by molar-refractivity contribution is 6.45. The smallest absolute Gasteiger partial charge is 0.341 e. The molecule has 2 aromatic heterocycles. The minimum Gasteiger partial charge on any atom is -0.497 e. The van der Waals surface area contributed by atoms with Gasteiger partial charge in [0.1, 0.15) is 11.5 Å². The standard InChI is InChI=1S/C16H19N7O2/c1-8(2)14-20-16(25-23-14)22-21-13(9(3)17)15-18-11-6-5-10(24-4)7-12(11)19-15/h5-8,17H,1-4H3,(H,18,19)(H,20,22,23). The first kappa shape index (κ1) is 16.6. The number of aromatic amines is 1. The average molecular weight is 341 g/mol. The molecule has 0 saturated heterocycles. The molecule has 0 fully saturated rings. The highest BCUT2D eigenvalue weighted by Gasteiger charge is 2.14. The molecule has 2 heterocycles. The van der Waals surface area contributed by atoms with Crippen molar-refractivity contribution in [2.75, 3.05) is 12.5 Å². The van der Waals surface area contributed by atoms with E-state index in [9.17, 15) is 0 Å². The Morgan fingerprint density at radius 1 is 1.36 bits per heavy atom. The number of nitrogens with zero attached hydrogens (tertiary/aromatic N) is 4. The summed E-state index contributed by atoms with van der Waals surface area (Å²) in [7, 11) is 1.60. The number of hydrogen-bond donors (Lipinski definition) is 3. The first-order chi connectivity index (χ1) is 12.0. The molecule has 3 rings (SSSR count). The topological polar surface area (TPSA) is 125 Å². The SMILES string of the molecule is COc1ccc2nc(C(=NNc3nc(C(C)C)no3)C(C)=N)[nH]c2c1. The van der Waals surface area contributed by atoms with Gasteiger partial charge in [0.25, 0.3) is 0 Å². The van der Waals surface area contributed by atoms with E-state index in [0.29, 0.717) is 17.4 Å². The van der Waals surface area contributed by atoms with Gasteiger partial charge in [-0.05, 0) is 19.1 Å². The molecule has 1 aromatic carbocycles. The molecule has 9 nitrogen and oxygen atoms in total. The molecular formula is C16H19N7O2. The third-order valence-corrected chi connectivity index (χ3v) is 3.49. The molecule has 9 heteroatoms. The second-order valence-corrected chi connectivity index (χ2v) is 5.78. The van der Waals surface area contributed by atoms with Crippen LogP contribution in [0.5, 0.6) is 5.75 Å². The molecule has 0 atom stereocenters. The number of nitrogens with one attached hydrogen (secondary N) is 3. The molecule has 0 aliphatic rings. The van der Waals surface area contributed by atoms with Gasteiger partial charge in [-0.1, -0.05) is 19.0 Å². The Morgan fingerprint density at radius 3 is 2.80 bits per heavy atom. The third-order valence-electron chi connectivity index (χ3n) is 3.49. The lowest BCUT2D eigenvalue weighted by molar-refractivity contribution is 0.415. The van der Waals surface area contributed by atoms with Crippen molar-refractivity contribution in [1.82, 2.24) is 20.1 Å². The first-order valence-electron chi connectivity index (χ1n) is 7.75. The van der Waals surface area contributed by atoms with Crippen LogP contribution in [0.2, 0.25) is 0 Å². The molecule has 0 aliphatic carbocycles. The van der Waals surface area contributed by atoms with Crippen LogP contribution >= 0.6 is 0 Å². The third kappa shape index (κ3) is 3.49. The van der Waals surface area contributed by atoms with E-state index in [-0.39, 0.29) is 17.6 Å². The van der Waals surface area contributed by atoms with Crippen molar-refractivity contribution in [2.24, 2.45) is 5.10 Å². The van der Waals surface area contributed by atoms with Crippen LogP contribution in [0.3, 0.4) is 0 Å². The summed E-state index contributed by atoms with van der Waals surface area (Å²) in [6.45, 7) is 5.56. The van der Waals surface area contributed by atoms with E-state index in [2.05, 4.69) is 30.6 Å². The maximum Gasteiger partial charge on any atom is 0.341 e. The Morgan fingerprint density at radius 2 is 2.16 bits per heavy atom. The zero-order valence-corrected chi connectivity index (χ0v) is 14.4. The van der Waals surface area contributed by atoms with Crippen molar-refractivity contribution in [1.29, 1.82) is 5.41 Å². The Kier molecular flexibility index (Phi) is 4.46. The van der Waals surface area contributed by atoms with Crippen molar-refractivity contribution in [3.63, 3.8) is 0 Å². The average Bonchev–Trinajstić information content (AvgIpc) is 3.20. The number of H-pyrrole nitrogens is 1. The Bertz CT molecular complexity index is 939. The highest BCUT2D eigenvalue weighted by atomic mass is 16.5. The van der Waals surface area contributed by atoms with Gasteiger partial charge in [-0.25, -0.2) is 10.4 Å². The van der Waals surface area contributed by atoms with Crippen LogP contribution in [0.15, 0.2) is 27.8 Å². The first-order valence-corrected chi connectivity index (χ1v) is 7.75. The van der Waals surface area contributed by atoms with Crippen LogP contribution in [0.1, 0.15) is 38.3 Å². The molecule has 25 heavy (non-hydrogen) atoms. The summed E-state index contributed by atoms with van der Waals surface area (Å²) in [4.78, 5) is 11.8. The summed E-state index contributed by atoms with van der Waals surface area (Å²) in [5, 5.41) is 16.0. The monoisotopic (exact) mass is 341 g/mol. The van der Waals surface area contributed by atoms with Crippen LogP contribution < -0.4 is 10.2 Å². The van der Waals surface area contributed by atoms with Gasteiger partial charge in [0.05, 0.1) is 23.9 Å². The van der Waals surface area contributed by atoms with Crippen molar-refractivity contribution in [2.45, 2.75) is 26.7 Å². The van der Waals surface area contributed by atoms with E-state index < -0.39 is 0 Å². The van der Waals surface area contributed by atoms with Crippen LogP contribution in [0.25, 0.3) is 11.0 Å². The minimum atomic E-state index is 0.151. The van der Waals surface area contributed by atoms with E-state index in [1.807, 2.05) is 32.0 Å². The Hall–Kier alpha value is -3.23. The van der Waals surface area contributed by atoms with Crippen LogP contribution in [-0.2, 0) is 0 Å². The fraction of sp³-hybridized carbons (Fsp3) is 0.312. The molecule has 0 amide bonds. The number of ether oxygens (including phenoxy) is 1. The lowest BCUT2D eigenvalue weighted by Gasteiger charge is -2.00. The van der Waals surface area contributed by atoms with Gasteiger partial charge in [-0.3, -0.25) is 0 Å². The molecule has 0 aliphatic heterocycles. The number of rotatable bonds is 6. The van der Waals surface area contributed by atoms with E-state index in [0.717, 1.165) is 16.8 Å². The predicted octanol–water partition coefficient (Wildman–Crippen LogP) is 2.93. The number of hydrogen-bond acceptors (Lipinski definition) is 8. The number of anilines is 1. The molecule has 3 N–H and O–H groups in total. The number of aromatic nitrogens is 4. The van der Waals surface area contributed by atoms with Gasteiger partial charge in [0.15, 0.2) is 11.6 Å². The lowest BCUT2D eigenvalue weighted by Crippen LogP contribution is -2.15. The molecule has 0 saturated carbocycles. The molecule has 0 unspecified atom stereocenters. The maximum absolute atomic E-state index is 7.96. The Labute approximate surface area is 144 Å². The summed E-state index contributed by atoms with van der Waals surface area (Å²) in [5.74, 6) is 1.92. The molecule has 0 spiro atoms. The van der Waals surface area contributed by atoms with E-state index in [4.69, 9.17) is 14.7 Å². The summed E-state index contributed by atoms with van der Waals surface area (Å²) < 4.78 is 10.3. The van der Waals surface area contributed by atoms with E-state index in [1.54, 1.807) is 14.0 Å². The van der Waals surface area contributed by atoms with Crippen LogP contribution in [0, 0.1) is 5.41 Å². The normalized spacial score (nSPS) is 12.0. The quantitative estimate of drug-likeness (QED) is 0.467. The van der Waals surface area contributed by atoms with Crippen LogP contribution in [-0.4, -0.2) is 38.6 Å². The molecule has 3 aromatic rings. The summed E-state index contributed by atoms with van der Waals surface area (Å²) >= 11 is 0. The molecular weight excluding hydrogens is 322 g/mol. The summed E-state index contributed by atoms with van der Waals surface area (Å²) in [6, 6.07) is 5.67. The number of methoxy groups -OCH3 is 1. The van der Waals surface area contributed by atoms with E-state index in [1.165, 1.54) is 0 Å². The molecule has 0 bridgehead atoms. The largest absolute Gasteiger partial charge is 0.497 e. The van der Waals surface area contributed by atoms with Crippen molar-refractivity contribution >= 4 is 28.5 Å². The lowest BCUT2D eigenvalue weighted by atomic mass is 10.2. The maximum atomic E-state index is 7.96. The molecule has 130 valence electrons. The van der Waals surface area contributed by atoms with Gasteiger partial charge < -0.3 is 19.7 Å². The predicted molar refractivity (Wildman–Crippen MR) is 94.6 cm³/mol. The van der Waals surface area contributed by atoms with Gasteiger partial charge in [-0.15, -0.1) is 0 Å².